The highest BCUT2D eigenvalue weighted by molar-refractivity contribution is 7.20. The lowest BCUT2D eigenvalue weighted by Crippen LogP contribution is -2.34. The van der Waals surface area contributed by atoms with Crippen LogP contribution >= 0.6 is 11.3 Å². The van der Waals surface area contributed by atoms with Crippen molar-refractivity contribution < 1.29 is 18.7 Å². The zero-order valence-electron chi connectivity index (χ0n) is 15.3. The molecule has 1 aromatic carbocycles. The molecule has 1 N–H and O–H groups in total. The van der Waals surface area contributed by atoms with Gasteiger partial charge in [0.05, 0.1) is 30.6 Å². The first kappa shape index (κ1) is 19.0. The predicted octanol–water partition coefficient (Wildman–Crippen LogP) is 3.28. The number of aromatic nitrogens is 2. The van der Waals surface area contributed by atoms with E-state index in [9.17, 15) is 14.0 Å². The number of carbonyl (C=O) groups excluding carboxylic acids is 2. The molecule has 0 saturated carbocycles. The number of ether oxygens (including phenoxy) is 1. The van der Waals surface area contributed by atoms with Gasteiger partial charge >= 0.3 is 5.97 Å². The topological polar surface area (TPSA) is 73.2 Å². The van der Waals surface area contributed by atoms with Crippen LogP contribution in [0, 0.1) is 12.7 Å². The normalized spacial score (nSPS) is 12.1. The van der Waals surface area contributed by atoms with E-state index < -0.39 is 0 Å². The molecule has 0 spiro atoms. The summed E-state index contributed by atoms with van der Waals surface area (Å²) in [5.74, 6) is -0.887. The third-order valence-electron chi connectivity index (χ3n) is 4.15. The fourth-order valence-electron chi connectivity index (χ4n) is 2.77. The van der Waals surface area contributed by atoms with Gasteiger partial charge in [-0.2, -0.15) is 5.10 Å². The second kappa shape index (κ2) is 7.87. The van der Waals surface area contributed by atoms with Gasteiger partial charge in [0.1, 0.15) is 10.6 Å². The van der Waals surface area contributed by atoms with E-state index in [0.717, 1.165) is 21.5 Å². The van der Waals surface area contributed by atoms with Gasteiger partial charge in [0.2, 0.25) is 0 Å². The summed E-state index contributed by atoms with van der Waals surface area (Å²) in [5, 5.41) is 8.24. The van der Waals surface area contributed by atoms with Crippen molar-refractivity contribution in [2.75, 3.05) is 7.11 Å². The van der Waals surface area contributed by atoms with Crippen molar-refractivity contribution in [3.8, 4) is 0 Å². The number of amides is 1. The van der Waals surface area contributed by atoms with E-state index in [2.05, 4.69) is 15.2 Å². The van der Waals surface area contributed by atoms with E-state index in [1.807, 2.05) is 17.7 Å². The molecular formula is C19H20FN3O3S. The first-order chi connectivity index (χ1) is 12.9. The number of esters is 1. The lowest BCUT2D eigenvalue weighted by atomic mass is 10.2. The highest BCUT2D eigenvalue weighted by Crippen LogP contribution is 2.29. The maximum atomic E-state index is 13.1. The van der Waals surface area contributed by atoms with Crippen LogP contribution in [-0.4, -0.2) is 34.8 Å². The van der Waals surface area contributed by atoms with Gasteiger partial charge in [-0.3, -0.25) is 14.3 Å². The summed E-state index contributed by atoms with van der Waals surface area (Å²) in [6, 6.07) is 7.75. The van der Waals surface area contributed by atoms with Gasteiger partial charge in [-0.15, -0.1) is 11.3 Å². The molecule has 0 bridgehead atoms. The molecule has 0 radical (unpaired) electrons. The summed E-state index contributed by atoms with van der Waals surface area (Å²) >= 11 is 1.34. The molecule has 8 heteroatoms. The van der Waals surface area contributed by atoms with Crippen LogP contribution in [0.2, 0.25) is 0 Å². The Bertz CT molecular complexity index is 978. The Labute approximate surface area is 159 Å². The van der Waals surface area contributed by atoms with Crippen LogP contribution in [0.15, 0.2) is 30.3 Å². The minimum absolute atomic E-state index is 0.116. The van der Waals surface area contributed by atoms with Gasteiger partial charge in [-0.1, -0.05) is 12.1 Å². The van der Waals surface area contributed by atoms with Gasteiger partial charge in [0, 0.05) is 11.4 Å². The zero-order chi connectivity index (χ0) is 19.6. The van der Waals surface area contributed by atoms with Gasteiger partial charge in [0.25, 0.3) is 5.91 Å². The van der Waals surface area contributed by atoms with Gasteiger partial charge in [-0.25, -0.2) is 4.39 Å². The largest absolute Gasteiger partial charge is 0.469 e. The van der Waals surface area contributed by atoms with Gasteiger partial charge < -0.3 is 10.1 Å². The molecule has 1 atom stereocenters. The van der Waals surface area contributed by atoms with Crippen molar-refractivity contribution >= 4 is 33.4 Å². The molecule has 27 heavy (non-hydrogen) atoms. The Balaban J connectivity index is 1.79. The van der Waals surface area contributed by atoms with Crippen molar-refractivity contribution in [1.82, 2.24) is 15.1 Å². The number of thiophene rings is 1. The van der Waals surface area contributed by atoms with Gasteiger partial charge in [-0.05, 0) is 37.6 Å². The Morgan fingerprint density at radius 2 is 2.04 bits per heavy atom. The molecule has 0 saturated heterocycles. The molecule has 1 amide bonds. The Morgan fingerprint density at radius 3 is 2.70 bits per heavy atom. The molecule has 2 aromatic heterocycles. The molecule has 142 valence electrons. The summed E-state index contributed by atoms with van der Waals surface area (Å²) in [6.45, 7) is 4.13. The Kier molecular flexibility index (Phi) is 5.55. The van der Waals surface area contributed by atoms with E-state index in [-0.39, 0.29) is 30.2 Å². The van der Waals surface area contributed by atoms with Crippen LogP contribution in [0.25, 0.3) is 10.2 Å². The second-order valence-corrected chi connectivity index (χ2v) is 7.38. The van der Waals surface area contributed by atoms with Crippen LogP contribution < -0.4 is 5.32 Å². The van der Waals surface area contributed by atoms with E-state index >= 15 is 0 Å². The summed E-state index contributed by atoms with van der Waals surface area (Å²) in [5.41, 5.74) is 1.75. The third kappa shape index (κ3) is 4.33. The van der Waals surface area contributed by atoms with Crippen molar-refractivity contribution in [3.63, 3.8) is 0 Å². The van der Waals surface area contributed by atoms with Crippen molar-refractivity contribution in [2.45, 2.75) is 32.9 Å². The summed E-state index contributed by atoms with van der Waals surface area (Å²) in [6.07, 6.45) is 0.116. The predicted molar refractivity (Wildman–Crippen MR) is 101 cm³/mol. The van der Waals surface area contributed by atoms with Crippen LogP contribution in [0.3, 0.4) is 0 Å². The monoisotopic (exact) mass is 389 g/mol. The van der Waals surface area contributed by atoms with Crippen molar-refractivity contribution in [1.29, 1.82) is 0 Å². The minimum atomic E-state index is -0.370. The first-order valence-corrected chi connectivity index (χ1v) is 9.28. The average molecular weight is 389 g/mol. The van der Waals surface area contributed by atoms with E-state index in [1.54, 1.807) is 19.1 Å². The lowest BCUT2D eigenvalue weighted by molar-refractivity contribution is -0.141. The third-order valence-corrected chi connectivity index (χ3v) is 5.30. The maximum Gasteiger partial charge on any atom is 0.307 e. The SMILES string of the molecule is COC(=O)CC(C)NC(=O)c1cc2c(C)nn(Cc3ccc(F)cc3)c2s1. The zero-order valence-corrected chi connectivity index (χ0v) is 16.1. The Hall–Kier alpha value is -2.74. The van der Waals surface area contributed by atoms with Gasteiger partial charge in [0.15, 0.2) is 0 Å². The number of nitrogens with zero attached hydrogens (tertiary/aromatic N) is 2. The van der Waals surface area contributed by atoms with Crippen LogP contribution in [0.5, 0.6) is 0 Å². The number of nitrogens with one attached hydrogen (secondary N) is 1. The summed E-state index contributed by atoms with van der Waals surface area (Å²) in [4.78, 5) is 25.2. The number of halogens is 1. The number of aryl methyl sites for hydroxylation is 1. The number of hydrogen-bond acceptors (Lipinski definition) is 5. The molecule has 3 aromatic rings. The second-order valence-electron chi connectivity index (χ2n) is 6.35. The number of methoxy groups -OCH3 is 1. The molecule has 1 unspecified atom stereocenters. The first-order valence-electron chi connectivity index (χ1n) is 8.46. The quantitative estimate of drug-likeness (QED) is 0.657. The molecule has 2 heterocycles. The fraction of sp³-hybridized carbons (Fsp3) is 0.316. The van der Waals surface area contributed by atoms with Crippen molar-refractivity contribution in [3.05, 3.63) is 52.3 Å². The number of benzene rings is 1. The minimum Gasteiger partial charge on any atom is -0.469 e. The van der Waals surface area contributed by atoms with Crippen LogP contribution in [-0.2, 0) is 16.1 Å². The van der Waals surface area contributed by atoms with E-state index in [4.69, 9.17) is 0 Å². The highest BCUT2D eigenvalue weighted by atomic mass is 32.1. The molecule has 0 aliphatic heterocycles. The number of fused-ring (bicyclic) bond motifs is 1. The molecule has 3 rings (SSSR count). The fourth-order valence-corrected chi connectivity index (χ4v) is 3.84. The van der Waals surface area contributed by atoms with E-state index in [1.165, 1.54) is 30.6 Å². The number of hydrogen-bond donors (Lipinski definition) is 1. The van der Waals surface area contributed by atoms with Crippen LogP contribution in [0.1, 0.15) is 34.3 Å². The molecule has 6 nitrogen and oxygen atoms in total. The molecule has 0 aliphatic carbocycles. The average Bonchev–Trinajstić information content (AvgIpc) is 3.18. The standard InChI is InChI=1S/C19H20FN3O3S/c1-11(8-17(24)26-3)21-18(25)16-9-15-12(2)22-23(19(15)27-16)10-13-4-6-14(20)7-5-13/h4-7,9,11H,8,10H2,1-3H3,(H,21,25). The number of rotatable bonds is 6. The van der Waals surface area contributed by atoms with E-state index in [0.29, 0.717) is 11.4 Å². The smallest absolute Gasteiger partial charge is 0.307 e. The molecule has 0 fully saturated rings. The Morgan fingerprint density at radius 1 is 1.33 bits per heavy atom. The van der Waals surface area contributed by atoms with Crippen molar-refractivity contribution in [2.24, 2.45) is 0 Å². The summed E-state index contributed by atoms with van der Waals surface area (Å²) in [7, 11) is 1.32. The van der Waals surface area contributed by atoms with Crippen LogP contribution in [0.4, 0.5) is 4.39 Å². The maximum absolute atomic E-state index is 13.1. The lowest BCUT2D eigenvalue weighted by Gasteiger charge is -2.11. The molecular weight excluding hydrogens is 369 g/mol. The summed E-state index contributed by atoms with van der Waals surface area (Å²) < 4.78 is 19.5. The number of carbonyl (C=O) groups is 2. The molecule has 0 aliphatic rings. The highest BCUT2D eigenvalue weighted by Gasteiger charge is 2.19.